The molecule has 0 heterocycles. The van der Waals surface area contributed by atoms with E-state index in [1.54, 1.807) is 12.1 Å². The van der Waals surface area contributed by atoms with Crippen molar-refractivity contribution in [2.24, 2.45) is 0 Å². The van der Waals surface area contributed by atoms with Gasteiger partial charge in [0.05, 0.1) is 11.5 Å². The Morgan fingerprint density at radius 1 is 1.05 bits per heavy atom. The highest BCUT2D eigenvalue weighted by Gasteiger charge is 2.13. The quantitative estimate of drug-likeness (QED) is 0.945. The van der Waals surface area contributed by atoms with Crippen LogP contribution in [0.4, 0.5) is 0 Å². The second-order valence-corrected chi connectivity index (χ2v) is 7.08. The van der Waals surface area contributed by atoms with E-state index >= 15 is 0 Å². The van der Waals surface area contributed by atoms with Gasteiger partial charge < -0.3 is 5.11 Å². The van der Waals surface area contributed by atoms with Crippen molar-refractivity contribution in [1.29, 1.82) is 0 Å². The number of benzene rings is 2. The van der Waals surface area contributed by atoms with Gasteiger partial charge in [-0.2, -0.15) is 0 Å². The summed E-state index contributed by atoms with van der Waals surface area (Å²) in [6, 6.07) is 11.0. The maximum atomic E-state index is 11.7. The number of rotatable bonds is 3. The Labute approximate surface area is 119 Å². The van der Waals surface area contributed by atoms with E-state index in [2.05, 4.69) is 0 Å². The van der Waals surface area contributed by atoms with Gasteiger partial charge in [0.1, 0.15) is 0 Å². The van der Waals surface area contributed by atoms with E-state index in [1.165, 1.54) is 6.26 Å². The lowest BCUT2D eigenvalue weighted by atomic mass is 9.95. The van der Waals surface area contributed by atoms with Crippen LogP contribution in [-0.4, -0.2) is 19.8 Å². The Balaban J connectivity index is 2.64. The Hall–Kier alpha value is -1.65. The van der Waals surface area contributed by atoms with E-state index in [4.69, 9.17) is 0 Å². The molecule has 0 aliphatic carbocycles. The summed E-state index contributed by atoms with van der Waals surface area (Å²) in [4.78, 5) is 0.342. The highest BCUT2D eigenvalue weighted by Crippen LogP contribution is 2.30. The number of hydrogen-bond donors (Lipinski definition) is 1. The van der Waals surface area contributed by atoms with Crippen LogP contribution in [0.5, 0.6) is 0 Å². The fourth-order valence-electron chi connectivity index (χ4n) is 2.42. The summed E-state index contributed by atoms with van der Waals surface area (Å²) in [5.74, 6) is 0. The summed E-state index contributed by atoms with van der Waals surface area (Å²) in [5, 5.41) is 9.22. The zero-order chi connectivity index (χ0) is 14.9. The fourth-order valence-corrected chi connectivity index (χ4v) is 3.20. The molecule has 0 bridgehead atoms. The van der Waals surface area contributed by atoms with E-state index in [9.17, 15) is 13.5 Å². The van der Waals surface area contributed by atoms with Crippen LogP contribution in [0.15, 0.2) is 41.3 Å². The highest BCUT2D eigenvalue weighted by molar-refractivity contribution is 7.90. The zero-order valence-corrected chi connectivity index (χ0v) is 12.7. The van der Waals surface area contributed by atoms with Crippen LogP contribution in [0.3, 0.4) is 0 Å². The second-order valence-electron chi connectivity index (χ2n) is 5.06. The maximum absolute atomic E-state index is 11.7. The van der Waals surface area contributed by atoms with Gasteiger partial charge >= 0.3 is 0 Å². The lowest BCUT2D eigenvalue weighted by Crippen LogP contribution is -2.00. The largest absolute Gasteiger partial charge is 0.392 e. The molecule has 0 atom stereocenters. The minimum absolute atomic E-state index is 0.00659. The van der Waals surface area contributed by atoms with Crippen molar-refractivity contribution in [1.82, 2.24) is 0 Å². The molecular formula is C16H18O3S. The van der Waals surface area contributed by atoms with Gasteiger partial charge in [-0.3, -0.25) is 0 Å². The van der Waals surface area contributed by atoms with Crippen molar-refractivity contribution in [3.8, 4) is 11.1 Å². The van der Waals surface area contributed by atoms with E-state index in [1.807, 2.05) is 38.1 Å². The molecule has 0 aliphatic rings. The first-order valence-corrected chi connectivity index (χ1v) is 8.23. The van der Waals surface area contributed by atoms with Gasteiger partial charge in [0.15, 0.2) is 9.84 Å². The van der Waals surface area contributed by atoms with Crippen molar-refractivity contribution in [3.05, 3.63) is 53.1 Å². The molecule has 0 saturated carbocycles. The predicted molar refractivity (Wildman–Crippen MR) is 80.4 cm³/mol. The smallest absolute Gasteiger partial charge is 0.175 e. The third-order valence-electron chi connectivity index (χ3n) is 3.33. The molecule has 106 valence electrons. The van der Waals surface area contributed by atoms with Crippen LogP contribution in [0.25, 0.3) is 11.1 Å². The number of sulfone groups is 1. The first-order chi connectivity index (χ1) is 9.32. The van der Waals surface area contributed by atoms with Crippen molar-refractivity contribution in [2.75, 3.05) is 6.26 Å². The third kappa shape index (κ3) is 2.92. The summed E-state index contributed by atoms with van der Waals surface area (Å²) >= 11 is 0. The predicted octanol–water partition coefficient (Wildman–Crippen LogP) is 2.87. The van der Waals surface area contributed by atoms with E-state index < -0.39 is 9.84 Å². The average molecular weight is 290 g/mol. The Bertz CT molecular complexity index is 723. The van der Waals surface area contributed by atoms with Crippen LogP contribution >= 0.6 is 0 Å². The Kier molecular flexibility index (Phi) is 3.97. The van der Waals surface area contributed by atoms with E-state index in [-0.39, 0.29) is 6.61 Å². The van der Waals surface area contributed by atoms with Gasteiger partial charge in [-0.15, -0.1) is 0 Å². The fraction of sp³-hybridized carbons (Fsp3) is 0.250. The second kappa shape index (κ2) is 5.38. The molecule has 2 aromatic rings. The Morgan fingerprint density at radius 2 is 1.65 bits per heavy atom. The highest BCUT2D eigenvalue weighted by atomic mass is 32.2. The molecule has 4 heteroatoms. The van der Waals surface area contributed by atoms with Crippen LogP contribution in [0.1, 0.15) is 16.7 Å². The standard InChI is InChI=1S/C16H18O3S/c1-11-7-15(20(3,18)19)8-12(2)16(11)14-6-4-5-13(9-14)10-17/h4-9,17H,10H2,1-3H3. The van der Waals surface area contributed by atoms with Crippen molar-refractivity contribution in [3.63, 3.8) is 0 Å². The zero-order valence-electron chi connectivity index (χ0n) is 11.8. The summed E-state index contributed by atoms with van der Waals surface area (Å²) in [7, 11) is -3.20. The minimum Gasteiger partial charge on any atom is -0.392 e. The first kappa shape index (κ1) is 14.8. The monoisotopic (exact) mass is 290 g/mol. The molecule has 0 unspecified atom stereocenters. The number of hydrogen-bond acceptors (Lipinski definition) is 3. The molecule has 2 aromatic carbocycles. The van der Waals surface area contributed by atoms with Crippen LogP contribution in [0.2, 0.25) is 0 Å². The molecule has 2 rings (SSSR count). The topological polar surface area (TPSA) is 54.4 Å². The van der Waals surface area contributed by atoms with Crippen molar-refractivity contribution >= 4 is 9.84 Å². The molecule has 0 aromatic heterocycles. The number of aliphatic hydroxyl groups excluding tert-OH is 1. The number of aryl methyl sites for hydroxylation is 2. The van der Waals surface area contributed by atoms with E-state index in [0.29, 0.717) is 4.90 Å². The first-order valence-electron chi connectivity index (χ1n) is 6.34. The van der Waals surface area contributed by atoms with Gasteiger partial charge in [-0.1, -0.05) is 18.2 Å². The molecule has 0 spiro atoms. The van der Waals surface area contributed by atoms with Crippen molar-refractivity contribution < 1.29 is 13.5 Å². The molecule has 0 amide bonds. The van der Waals surface area contributed by atoms with Gasteiger partial charge in [0, 0.05) is 6.26 Å². The molecule has 0 fully saturated rings. The van der Waals surface area contributed by atoms with Gasteiger partial charge in [0.2, 0.25) is 0 Å². The molecule has 0 saturated heterocycles. The average Bonchev–Trinajstić information content (AvgIpc) is 2.37. The molecule has 1 N–H and O–H groups in total. The summed E-state index contributed by atoms with van der Waals surface area (Å²) in [6.45, 7) is 3.80. The molecule has 0 aliphatic heterocycles. The molecular weight excluding hydrogens is 272 g/mol. The van der Waals surface area contributed by atoms with E-state index in [0.717, 1.165) is 27.8 Å². The van der Waals surface area contributed by atoms with Gasteiger partial charge in [-0.25, -0.2) is 8.42 Å². The summed E-state index contributed by atoms with van der Waals surface area (Å²) < 4.78 is 23.3. The lowest BCUT2D eigenvalue weighted by Gasteiger charge is -2.13. The normalized spacial score (nSPS) is 11.6. The minimum atomic E-state index is -3.20. The van der Waals surface area contributed by atoms with Crippen LogP contribution < -0.4 is 0 Å². The van der Waals surface area contributed by atoms with Gasteiger partial charge in [0.25, 0.3) is 0 Å². The van der Waals surface area contributed by atoms with Crippen LogP contribution in [-0.2, 0) is 16.4 Å². The van der Waals surface area contributed by atoms with Gasteiger partial charge in [-0.05, 0) is 59.9 Å². The number of aliphatic hydroxyl groups is 1. The third-order valence-corrected chi connectivity index (χ3v) is 4.42. The molecule has 3 nitrogen and oxygen atoms in total. The maximum Gasteiger partial charge on any atom is 0.175 e. The molecule has 20 heavy (non-hydrogen) atoms. The Morgan fingerprint density at radius 3 is 2.15 bits per heavy atom. The van der Waals surface area contributed by atoms with Crippen LogP contribution in [0, 0.1) is 13.8 Å². The lowest BCUT2D eigenvalue weighted by molar-refractivity contribution is 0.282. The summed E-state index contributed by atoms with van der Waals surface area (Å²) in [6.07, 6.45) is 1.22. The SMILES string of the molecule is Cc1cc(S(C)(=O)=O)cc(C)c1-c1cccc(CO)c1. The molecule has 0 radical (unpaired) electrons. The van der Waals surface area contributed by atoms with Crippen molar-refractivity contribution in [2.45, 2.75) is 25.3 Å². The summed E-state index contributed by atoms with van der Waals surface area (Å²) in [5.41, 5.74) is 4.69.